The van der Waals surface area contributed by atoms with Crippen LogP contribution in [0.15, 0.2) is 16.8 Å². The van der Waals surface area contributed by atoms with Crippen LogP contribution in [-0.2, 0) is 24.8 Å². The van der Waals surface area contributed by atoms with Crippen LogP contribution in [-0.4, -0.2) is 35.0 Å². The van der Waals surface area contributed by atoms with E-state index >= 15 is 0 Å². The predicted molar refractivity (Wildman–Crippen MR) is 71.7 cm³/mol. The lowest BCUT2D eigenvalue weighted by atomic mass is 10.2. The van der Waals surface area contributed by atoms with E-state index in [1.807, 2.05) is 13.2 Å². The van der Waals surface area contributed by atoms with E-state index in [-0.39, 0.29) is 0 Å². The molecule has 0 bridgehead atoms. The van der Waals surface area contributed by atoms with Gasteiger partial charge in [-0.05, 0) is 6.42 Å². The molecule has 104 valence electrons. The number of aromatic nitrogens is 3. The van der Waals surface area contributed by atoms with Crippen molar-refractivity contribution in [3.63, 3.8) is 0 Å². The number of aryl methyl sites for hydroxylation is 2. The fourth-order valence-electron chi connectivity index (χ4n) is 1.89. The fourth-order valence-corrected chi connectivity index (χ4v) is 1.89. The zero-order valence-corrected chi connectivity index (χ0v) is 11.6. The van der Waals surface area contributed by atoms with Crippen molar-refractivity contribution in [3.8, 4) is 11.3 Å². The van der Waals surface area contributed by atoms with Gasteiger partial charge in [-0.3, -0.25) is 4.68 Å². The second kappa shape index (κ2) is 6.49. The lowest BCUT2D eigenvalue weighted by Crippen LogP contribution is -2.18. The van der Waals surface area contributed by atoms with E-state index in [0.717, 1.165) is 30.0 Å². The minimum absolute atomic E-state index is 0.602. The zero-order chi connectivity index (χ0) is 13.7. The van der Waals surface area contributed by atoms with E-state index in [2.05, 4.69) is 22.3 Å². The van der Waals surface area contributed by atoms with Crippen LogP contribution < -0.4 is 5.32 Å². The molecule has 1 N–H and O–H groups in total. The van der Waals surface area contributed by atoms with Crippen molar-refractivity contribution in [3.05, 3.63) is 24.0 Å². The van der Waals surface area contributed by atoms with Crippen molar-refractivity contribution in [2.45, 2.75) is 19.9 Å². The van der Waals surface area contributed by atoms with Gasteiger partial charge < -0.3 is 14.5 Å². The van der Waals surface area contributed by atoms with Gasteiger partial charge in [-0.1, -0.05) is 6.92 Å². The highest BCUT2D eigenvalue weighted by Gasteiger charge is 2.13. The average Bonchev–Trinajstić information content (AvgIpc) is 3.00. The summed E-state index contributed by atoms with van der Waals surface area (Å²) in [4.78, 5) is 4.27. The Morgan fingerprint density at radius 2 is 2.32 bits per heavy atom. The SMILES string of the molecule is CCc1nn(C)cc1-c1cnc(CNCCOC)o1. The topological polar surface area (TPSA) is 65.1 Å². The summed E-state index contributed by atoms with van der Waals surface area (Å²) in [5.74, 6) is 1.45. The molecule has 0 saturated heterocycles. The van der Waals surface area contributed by atoms with Crippen LogP contribution in [0.3, 0.4) is 0 Å². The molecule has 0 atom stereocenters. The molecule has 2 aromatic rings. The van der Waals surface area contributed by atoms with Gasteiger partial charge in [0.2, 0.25) is 5.89 Å². The van der Waals surface area contributed by atoms with E-state index in [4.69, 9.17) is 9.15 Å². The fraction of sp³-hybridized carbons (Fsp3) is 0.538. The number of hydrogen-bond acceptors (Lipinski definition) is 5. The summed E-state index contributed by atoms with van der Waals surface area (Å²) < 4.78 is 12.5. The van der Waals surface area contributed by atoms with Crippen LogP contribution in [0.5, 0.6) is 0 Å². The quantitative estimate of drug-likeness (QED) is 0.765. The molecule has 2 rings (SSSR count). The van der Waals surface area contributed by atoms with Gasteiger partial charge in [0.15, 0.2) is 5.76 Å². The molecule has 19 heavy (non-hydrogen) atoms. The molecule has 0 saturated carbocycles. The van der Waals surface area contributed by atoms with E-state index in [9.17, 15) is 0 Å². The molecule has 0 fully saturated rings. The maximum absolute atomic E-state index is 5.74. The maximum atomic E-state index is 5.74. The van der Waals surface area contributed by atoms with Gasteiger partial charge in [-0.2, -0.15) is 5.10 Å². The average molecular weight is 264 g/mol. The number of hydrogen-bond donors (Lipinski definition) is 1. The molecule has 0 radical (unpaired) electrons. The summed E-state index contributed by atoms with van der Waals surface area (Å²) in [5, 5.41) is 7.60. The van der Waals surface area contributed by atoms with E-state index in [0.29, 0.717) is 19.0 Å². The highest BCUT2D eigenvalue weighted by Crippen LogP contribution is 2.23. The number of rotatable bonds is 7. The number of nitrogens with zero attached hydrogens (tertiary/aromatic N) is 3. The van der Waals surface area contributed by atoms with Gasteiger partial charge in [-0.25, -0.2) is 4.98 Å². The number of oxazole rings is 1. The van der Waals surface area contributed by atoms with Crippen molar-refractivity contribution < 1.29 is 9.15 Å². The number of ether oxygens (including phenoxy) is 1. The predicted octanol–water partition coefficient (Wildman–Crippen LogP) is 1.37. The molecule has 0 amide bonds. The van der Waals surface area contributed by atoms with Crippen LogP contribution in [0.4, 0.5) is 0 Å². The molecule has 6 heteroatoms. The third-order valence-electron chi connectivity index (χ3n) is 2.82. The first-order chi connectivity index (χ1) is 9.24. The molecule has 0 unspecified atom stereocenters. The van der Waals surface area contributed by atoms with Crippen molar-refractivity contribution in [1.29, 1.82) is 0 Å². The van der Waals surface area contributed by atoms with Crippen LogP contribution >= 0.6 is 0 Å². The monoisotopic (exact) mass is 264 g/mol. The van der Waals surface area contributed by atoms with Gasteiger partial charge in [0, 0.05) is 26.9 Å². The summed E-state index contributed by atoms with van der Waals surface area (Å²) in [6, 6.07) is 0. The van der Waals surface area contributed by atoms with E-state index in [1.165, 1.54) is 0 Å². The minimum atomic E-state index is 0.602. The van der Waals surface area contributed by atoms with E-state index in [1.54, 1.807) is 18.0 Å². The van der Waals surface area contributed by atoms with Crippen molar-refractivity contribution in [2.75, 3.05) is 20.3 Å². The lowest BCUT2D eigenvalue weighted by molar-refractivity contribution is 0.198. The standard InChI is InChI=1S/C13H20N4O2/c1-4-11-10(9-17(2)16-11)12-7-15-13(19-12)8-14-5-6-18-3/h7,9,14H,4-6,8H2,1-3H3. The molecule has 6 nitrogen and oxygen atoms in total. The zero-order valence-electron chi connectivity index (χ0n) is 11.6. The Morgan fingerprint density at radius 3 is 3.05 bits per heavy atom. The third-order valence-corrected chi connectivity index (χ3v) is 2.82. The van der Waals surface area contributed by atoms with Gasteiger partial charge in [-0.15, -0.1) is 0 Å². The highest BCUT2D eigenvalue weighted by molar-refractivity contribution is 5.58. The van der Waals surface area contributed by atoms with Crippen LogP contribution in [0.1, 0.15) is 18.5 Å². The smallest absolute Gasteiger partial charge is 0.208 e. The third kappa shape index (κ3) is 3.42. The summed E-state index contributed by atoms with van der Waals surface area (Å²) >= 11 is 0. The molecule has 0 aliphatic carbocycles. The summed E-state index contributed by atoms with van der Waals surface area (Å²) in [7, 11) is 3.59. The van der Waals surface area contributed by atoms with Gasteiger partial charge >= 0.3 is 0 Å². The van der Waals surface area contributed by atoms with Gasteiger partial charge in [0.25, 0.3) is 0 Å². The Bertz CT molecular complexity index is 518. The lowest BCUT2D eigenvalue weighted by Gasteiger charge is -2.00. The molecular weight excluding hydrogens is 244 g/mol. The first-order valence-electron chi connectivity index (χ1n) is 6.41. The molecule has 2 heterocycles. The Morgan fingerprint density at radius 1 is 1.47 bits per heavy atom. The number of methoxy groups -OCH3 is 1. The van der Waals surface area contributed by atoms with Gasteiger partial charge in [0.1, 0.15) is 0 Å². The Balaban J connectivity index is 2.03. The van der Waals surface area contributed by atoms with Crippen molar-refractivity contribution in [1.82, 2.24) is 20.1 Å². The largest absolute Gasteiger partial charge is 0.439 e. The molecule has 0 aliphatic heterocycles. The van der Waals surface area contributed by atoms with Crippen molar-refractivity contribution >= 4 is 0 Å². The van der Waals surface area contributed by atoms with Gasteiger partial charge in [0.05, 0.1) is 30.6 Å². The normalized spacial score (nSPS) is 11.1. The van der Waals surface area contributed by atoms with Crippen LogP contribution in [0.2, 0.25) is 0 Å². The minimum Gasteiger partial charge on any atom is -0.439 e. The van der Waals surface area contributed by atoms with Crippen molar-refractivity contribution in [2.24, 2.45) is 7.05 Å². The summed E-state index contributed by atoms with van der Waals surface area (Å²) in [6.45, 7) is 4.14. The molecular formula is C13H20N4O2. The maximum Gasteiger partial charge on any atom is 0.208 e. The second-order valence-corrected chi connectivity index (χ2v) is 4.30. The first-order valence-corrected chi connectivity index (χ1v) is 6.41. The molecule has 2 aromatic heterocycles. The van der Waals surface area contributed by atoms with Crippen LogP contribution in [0, 0.1) is 0 Å². The van der Waals surface area contributed by atoms with Crippen LogP contribution in [0.25, 0.3) is 11.3 Å². The summed E-state index contributed by atoms with van der Waals surface area (Å²) in [6.07, 6.45) is 4.59. The first kappa shape index (κ1) is 13.8. The number of nitrogens with one attached hydrogen (secondary N) is 1. The summed E-state index contributed by atoms with van der Waals surface area (Å²) in [5.41, 5.74) is 2.04. The molecule has 0 spiro atoms. The molecule has 0 aliphatic rings. The Kier molecular flexibility index (Phi) is 4.70. The second-order valence-electron chi connectivity index (χ2n) is 4.30. The Hall–Kier alpha value is -1.66. The molecule has 0 aromatic carbocycles. The Labute approximate surface area is 112 Å². The highest BCUT2D eigenvalue weighted by atomic mass is 16.5. The van der Waals surface area contributed by atoms with E-state index < -0.39 is 0 Å².